The Morgan fingerprint density at radius 1 is 1.53 bits per heavy atom. The van der Waals surface area contributed by atoms with Gasteiger partial charge in [-0.3, -0.25) is 4.79 Å². The molecule has 0 bridgehead atoms. The predicted octanol–water partition coefficient (Wildman–Crippen LogP) is 2.07. The molecule has 1 fully saturated rings. The SMILES string of the molecule is CC(C)c1nccn1CC(=O)NC1CCCC1. The van der Waals surface area contributed by atoms with Crippen LogP contribution in [0.2, 0.25) is 0 Å². The summed E-state index contributed by atoms with van der Waals surface area (Å²) in [6.45, 7) is 4.57. The van der Waals surface area contributed by atoms with Crippen LogP contribution in [0.1, 0.15) is 51.3 Å². The maximum absolute atomic E-state index is 11.9. The van der Waals surface area contributed by atoms with Crippen LogP contribution in [0, 0.1) is 0 Å². The van der Waals surface area contributed by atoms with Gasteiger partial charge in [0.05, 0.1) is 0 Å². The molecule has 1 N–H and O–H groups in total. The van der Waals surface area contributed by atoms with Crippen molar-refractivity contribution < 1.29 is 4.79 Å². The third-order valence-electron chi connectivity index (χ3n) is 3.30. The summed E-state index contributed by atoms with van der Waals surface area (Å²) in [4.78, 5) is 16.2. The molecule has 0 spiro atoms. The highest BCUT2D eigenvalue weighted by molar-refractivity contribution is 5.76. The van der Waals surface area contributed by atoms with Gasteiger partial charge in [-0.1, -0.05) is 26.7 Å². The van der Waals surface area contributed by atoms with E-state index in [9.17, 15) is 4.79 Å². The molecule has 0 unspecified atom stereocenters. The Bertz CT molecular complexity index is 378. The number of nitrogens with one attached hydrogen (secondary N) is 1. The van der Waals surface area contributed by atoms with Gasteiger partial charge in [-0.15, -0.1) is 0 Å². The second-order valence-corrected chi connectivity index (χ2v) is 5.12. The van der Waals surface area contributed by atoms with Gasteiger partial charge in [-0.2, -0.15) is 0 Å². The molecule has 1 heterocycles. The highest BCUT2D eigenvalue weighted by Gasteiger charge is 2.18. The van der Waals surface area contributed by atoms with Crippen LogP contribution in [0.25, 0.3) is 0 Å². The van der Waals surface area contributed by atoms with Crippen LogP contribution in [0.3, 0.4) is 0 Å². The Hall–Kier alpha value is -1.32. The molecule has 4 nitrogen and oxygen atoms in total. The lowest BCUT2D eigenvalue weighted by atomic mass is 10.2. The molecule has 1 aromatic heterocycles. The lowest BCUT2D eigenvalue weighted by Gasteiger charge is -2.14. The van der Waals surface area contributed by atoms with Crippen molar-refractivity contribution in [1.82, 2.24) is 14.9 Å². The predicted molar refractivity (Wildman–Crippen MR) is 66.7 cm³/mol. The zero-order valence-corrected chi connectivity index (χ0v) is 10.6. The van der Waals surface area contributed by atoms with Crippen LogP contribution in [-0.2, 0) is 11.3 Å². The molecule has 1 saturated carbocycles. The molecule has 1 aliphatic carbocycles. The molecule has 1 aromatic rings. The van der Waals surface area contributed by atoms with Gasteiger partial charge >= 0.3 is 0 Å². The lowest BCUT2D eigenvalue weighted by Crippen LogP contribution is -2.35. The zero-order chi connectivity index (χ0) is 12.3. The van der Waals surface area contributed by atoms with Crippen molar-refractivity contribution in [3.8, 4) is 0 Å². The van der Waals surface area contributed by atoms with Crippen molar-refractivity contribution in [1.29, 1.82) is 0 Å². The van der Waals surface area contributed by atoms with Crippen molar-refractivity contribution in [2.45, 2.75) is 58.0 Å². The van der Waals surface area contributed by atoms with Crippen molar-refractivity contribution >= 4 is 5.91 Å². The Morgan fingerprint density at radius 2 is 2.24 bits per heavy atom. The summed E-state index contributed by atoms with van der Waals surface area (Å²) in [6, 6.07) is 0.397. The summed E-state index contributed by atoms with van der Waals surface area (Å²) in [5.74, 6) is 1.44. The second-order valence-electron chi connectivity index (χ2n) is 5.12. The molecule has 2 rings (SSSR count). The van der Waals surface area contributed by atoms with Crippen molar-refractivity contribution in [2.75, 3.05) is 0 Å². The Labute approximate surface area is 102 Å². The number of imidazole rings is 1. The molecule has 0 aliphatic heterocycles. The van der Waals surface area contributed by atoms with Crippen LogP contribution in [-0.4, -0.2) is 21.5 Å². The number of rotatable bonds is 4. The number of carbonyl (C=O) groups excluding carboxylic acids is 1. The number of aromatic nitrogens is 2. The number of amides is 1. The quantitative estimate of drug-likeness (QED) is 0.868. The van der Waals surface area contributed by atoms with Gasteiger partial charge < -0.3 is 9.88 Å². The number of hydrogen-bond donors (Lipinski definition) is 1. The Kier molecular flexibility index (Phi) is 3.82. The largest absolute Gasteiger partial charge is 0.352 e. The van der Waals surface area contributed by atoms with Crippen LogP contribution in [0.5, 0.6) is 0 Å². The third kappa shape index (κ3) is 3.08. The Morgan fingerprint density at radius 3 is 2.88 bits per heavy atom. The molecule has 4 heteroatoms. The first-order valence-corrected chi connectivity index (χ1v) is 6.47. The summed E-state index contributed by atoms with van der Waals surface area (Å²) in [5, 5.41) is 3.10. The van der Waals surface area contributed by atoms with Crippen LogP contribution >= 0.6 is 0 Å². The monoisotopic (exact) mass is 235 g/mol. The van der Waals surface area contributed by atoms with Crippen molar-refractivity contribution in [2.24, 2.45) is 0 Å². The summed E-state index contributed by atoms with van der Waals surface area (Å²) in [5.41, 5.74) is 0. The lowest BCUT2D eigenvalue weighted by molar-refractivity contribution is -0.122. The van der Waals surface area contributed by atoms with E-state index < -0.39 is 0 Å². The zero-order valence-electron chi connectivity index (χ0n) is 10.6. The summed E-state index contributed by atoms with van der Waals surface area (Å²) in [7, 11) is 0. The van der Waals surface area contributed by atoms with E-state index >= 15 is 0 Å². The molecule has 94 valence electrons. The van der Waals surface area contributed by atoms with E-state index in [1.807, 2.05) is 10.8 Å². The molecule has 0 aromatic carbocycles. The van der Waals surface area contributed by atoms with Crippen molar-refractivity contribution in [3.05, 3.63) is 18.2 Å². The van der Waals surface area contributed by atoms with Gasteiger partial charge in [0.15, 0.2) is 0 Å². The normalized spacial score (nSPS) is 16.6. The smallest absolute Gasteiger partial charge is 0.240 e. The fraction of sp³-hybridized carbons (Fsp3) is 0.692. The maximum atomic E-state index is 11.9. The minimum absolute atomic E-state index is 0.108. The van der Waals surface area contributed by atoms with E-state index in [-0.39, 0.29) is 5.91 Å². The van der Waals surface area contributed by atoms with E-state index in [0.717, 1.165) is 18.7 Å². The van der Waals surface area contributed by atoms with Crippen LogP contribution in [0.4, 0.5) is 0 Å². The van der Waals surface area contributed by atoms with E-state index in [2.05, 4.69) is 24.1 Å². The van der Waals surface area contributed by atoms with Crippen molar-refractivity contribution in [3.63, 3.8) is 0 Å². The first kappa shape index (κ1) is 12.1. The van der Waals surface area contributed by atoms with Crippen LogP contribution in [0.15, 0.2) is 12.4 Å². The molecule has 0 atom stereocenters. The van der Waals surface area contributed by atoms with Gasteiger partial charge in [0.2, 0.25) is 5.91 Å². The average Bonchev–Trinajstić information content (AvgIpc) is 2.88. The topological polar surface area (TPSA) is 46.9 Å². The summed E-state index contributed by atoms with van der Waals surface area (Å²) < 4.78 is 1.94. The fourth-order valence-corrected chi connectivity index (χ4v) is 2.45. The van der Waals surface area contributed by atoms with Gasteiger partial charge in [-0.05, 0) is 12.8 Å². The van der Waals surface area contributed by atoms with Crippen LogP contribution < -0.4 is 5.32 Å². The van der Waals surface area contributed by atoms with E-state index in [4.69, 9.17) is 0 Å². The van der Waals surface area contributed by atoms with E-state index in [0.29, 0.717) is 18.5 Å². The summed E-state index contributed by atoms with van der Waals surface area (Å²) >= 11 is 0. The first-order valence-electron chi connectivity index (χ1n) is 6.47. The Balaban J connectivity index is 1.90. The molecule has 1 aliphatic rings. The minimum Gasteiger partial charge on any atom is -0.352 e. The fourth-order valence-electron chi connectivity index (χ4n) is 2.45. The van der Waals surface area contributed by atoms with Gasteiger partial charge in [0.25, 0.3) is 0 Å². The minimum atomic E-state index is 0.108. The second kappa shape index (κ2) is 5.34. The first-order chi connectivity index (χ1) is 8.16. The molecular weight excluding hydrogens is 214 g/mol. The van der Waals surface area contributed by atoms with Gasteiger partial charge in [-0.25, -0.2) is 4.98 Å². The third-order valence-corrected chi connectivity index (χ3v) is 3.30. The molecule has 0 radical (unpaired) electrons. The molecule has 1 amide bonds. The maximum Gasteiger partial charge on any atom is 0.240 e. The number of carbonyl (C=O) groups is 1. The molecule has 0 saturated heterocycles. The molecular formula is C13H21N3O. The highest BCUT2D eigenvalue weighted by atomic mass is 16.2. The van der Waals surface area contributed by atoms with Gasteiger partial charge in [0, 0.05) is 24.4 Å². The molecule has 17 heavy (non-hydrogen) atoms. The number of nitrogens with zero attached hydrogens (tertiary/aromatic N) is 2. The van der Waals surface area contributed by atoms with E-state index in [1.54, 1.807) is 6.20 Å². The summed E-state index contributed by atoms with van der Waals surface area (Å²) in [6.07, 6.45) is 8.39. The highest BCUT2D eigenvalue weighted by Crippen LogP contribution is 2.17. The van der Waals surface area contributed by atoms with E-state index in [1.165, 1.54) is 12.8 Å². The number of hydrogen-bond acceptors (Lipinski definition) is 2. The average molecular weight is 235 g/mol. The standard InChI is InChI=1S/C13H21N3O/c1-10(2)13-14-7-8-16(13)9-12(17)15-11-5-3-4-6-11/h7-8,10-11H,3-6,9H2,1-2H3,(H,15,17). The van der Waals surface area contributed by atoms with Gasteiger partial charge in [0.1, 0.15) is 12.4 Å².